The monoisotopic (exact) mass is 821 g/mol. The first-order chi connectivity index (χ1) is 27.0. The van der Waals surface area contributed by atoms with E-state index < -0.39 is 71.2 Å². The molecular weight excluding hydrogens is 741 g/mol. The molecule has 1 fully saturated rings. The van der Waals surface area contributed by atoms with Crippen molar-refractivity contribution in [2.24, 2.45) is 0 Å². The van der Waals surface area contributed by atoms with Gasteiger partial charge in [-0.3, -0.25) is 14.1 Å². The fourth-order valence-electron chi connectivity index (χ4n) is 6.85. The van der Waals surface area contributed by atoms with E-state index in [1.807, 2.05) is 0 Å². The lowest BCUT2D eigenvalue weighted by Gasteiger charge is -2.40. The molecule has 1 heterocycles. The van der Waals surface area contributed by atoms with E-state index in [0.29, 0.717) is 12.8 Å². The Kier molecular flexibility index (Phi) is 32.1. The van der Waals surface area contributed by atoms with Crippen LogP contribution in [0.4, 0.5) is 0 Å². The molecular formula is C43H80O12S. The molecule has 0 bridgehead atoms. The van der Waals surface area contributed by atoms with Gasteiger partial charge in [-0.05, 0) is 38.5 Å². The van der Waals surface area contributed by atoms with Crippen LogP contribution in [-0.2, 0) is 38.7 Å². The average Bonchev–Trinajstić information content (AvgIpc) is 3.16. The Labute approximate surface area is 339 Å². The Morgan fingerprint density at radius 1 is 0.589 bits per heavy atom. The van der Waals surface area contributed by atoms with Crippen LogP contribution in [0.15, 0.2) is 12.2 Å². The molecule has 0 radical (unpaired) electrons. The Balaban J connectivity index is 2.46. The number of ether oxygens (including phenoxy) is 4. The van der Waals surface area contributed by atoms with E-state index >= 15 is 0 Å². The molecule has 12 nitrogen and oxygen atoms in total. The molecule has 1 aliphatic rings. The fraction of sp³-hybridized carbons (Fsp3) is 0.907. The Morgan fingerprint density at radius 3 is 1.48 bits per heavy atom. The summed E-state index contributed by atoms with van der Waals surface area (Å²) in [5.41, 5.74) is 0. The molecule has 1 rings (SSSR count). The van der Waals surface area contributed by atoms with Crippen molar-refractivity contribution in [2.45, 2.75) is 230 Å². The molecule has 0 saturated carbocycles. The van der Waals surface area contributed by atoms with Gasteiger partial charge >= 0.3 is 11.9 Å². The second kappa shape index (κ2) is 34.3. The fourth-order valence-corrected chi connectivity index (χ4v) is 7.54. The molecule has 0 aromatic heterocycles. The zero-order valence-corrected chi connectivity index (χ0v) is 35.8. The van der Waals surface area contributed by atoms with Crippen LogP contribution in [0.3, 0.4) is 0 Å². The quantitative estimate of drug-likeness (QED) is 0.0203. The maximum Gasteiger partial charge on any atom is 0.306 e. The molecule has 0 aromatic rings. The molecule has 13 heteroatoms. The van der Waals surface area contributed by atoms with Gasteiger partial charge in [0.05, 0.1) is 6.61 Å². The largest absolute Gasteiger partial charge is 0.462 e. The number of esters is 2. The van der Waals surface area contributed by atoms with Crippen molar-refractivity contribution in [2.75, 3.05) is 19.0 Å². The highest BCUT2D eigenvalue weighted by Gasteiger charge is 2.46. The number of hydrogen-bond acceptors (Lipinski definition) is 11. The standard InChI is InChI=1S/C43H80O12S/c1-3-5-7-9-11-13-15-17-18-19-20-22-24-26-28-30-32-39(45)54-36(34-53-43-42(48)41(47)40(46)37(55-43)35-56(49,50)51)33-52-38(44)31-29-27-25-23-21-16-14-12-10-8-6-4-2/h18-19,36-37,40-43,46-48H,3-17,20-35H2,1-2H3,(H,49,50,51)/b19-18-. The summed E-state index contributed by atoms with van der Waals surface area (Å²) in [6, 6.07) is 0. The summed E-state index contributed by atoms with van der Waals surface area (Å²) in [4.78, 5) is 25.3. The van der Waals surface area contributed by atoms with Gasteiger partial charge in [-0.1, -0.05) is 154 Å². The van der Waals surface area contributed by atoms with E-state index in [9.17, 15) is 37.9 Å². The number of rotatable bonds is 37. The topological polar surface area (TPSA) is 186 Å². The third-order valence-corrected chi connectivity index (χ3v) is 11.1. The second-order valence-corrected chi connectivity index (χ2v) is 17.2. The van der Waals surface area contributed by atoms with E-state index in [-0.39, 0.29) is 19.4 Å². The lowest BCUT2D eigenvalue weighted by atomic mass is 10.00. The zero-order chi connectivity index (χ0) is 41.3. The normalized spacial score (nSPS) is 20.7. The molecule has 0 aliphatic carbocycles. The highest BCUT2D eigenvalue weighted by atomic mass is 32.2. The first-order valence-electron chi connectivity index (χ1n) is 22.2. The number of hydrogen-bond donors (Lipinski definition) is 4. The Morgan fingerprint density at radius 2 is 1.02 bits per heavy atom. The van der Waals surface area contributed by atoms with Crippen molar-refractivity contribution < 1.29 is 56.8 Å². The number of carbonyl (C=O) groups is 2. The molecule has 0 aromatic carbocycles. The zero-order valence-electron chi connectivity index (χ0n) is 35.0. The highest BCUT2D eigenvalue weighted by molar-refractivity contribution is 7.85. The van der Waals surface area contributed by atoms with Crippen LogP contribution in [0.5, 0.6) is 0 Å². The van der Waals surface area contributed by atoms with Crippen molar-refractivity contribution in [3.63, 3.8) is 0 Å². The Hall–Kier alpha value is -1.61. The van der Waals surface area contributed by atoms with Crippen LogP contribution in [0.2, 0.25) is 0 Å². The van der Waals surface area contributed by atoms with E-state index in [4.69, 9.17) is 18.9 Å². The molecule has 56 heavy (non-hydrogen) atoms. The van der Waals surface area contributed by atoms with Gasteiger partial charge in [0.15, 0.2) is 12.4 Å². The first-order valence-corrected chi connectivity index (χ1v) is 23.9. The molecule has 4 N–H and O–H groups in total. The van der Waals surface area contributed by atoms with Gasteiger partial charge in [0.1, 0.15) is 36.8 Å². The summed E-state index contributed by atoms with van der Waals surface area (Å²) in [5.74, 6) is -1.98. The molecule has 6 unspecified atom stereocenters. The third kappa shape index (κ3) is 28.7. The number of aliphatic hydroxyl groups is 3. The SMILES string of the molecule is CCCCCCCCC/C=C\CCCCCCCC(=O)OC(COC(=O)CCCCCCCCCCCCCC)COC1OC(CS(=O)(=O)O)C(O)C(O)C1O. The van der Waals surface area contributed by atoms with Crippen LogP contribution in [0.1, 0.15) is 194 Å². The number of carbonyl (C=O) groups excluding carboxylic acids is 2. The summed E-state index contributed by atoms with van der Waals surface area (Å²) in [6.07, 6.45) is 25.4. The van der Waals surface area contributed by atoms with Crippen LogP contribution in [-0.4, -0.2) is 96.0 Å². The predicted molar refractivity (Wildman–Crippen MR) is 220 cm³/mol. The van der Waals surface area contributed by atoms with Gasteiger partial charge in [-0.25, -0.2) is 0 Å². The molecule has 1 saturated heterocycles. The van der Waals surface area contributed by atoms with Crippen LogP contribution in [0.25, 0.3) is 0 Å². The van der Waals surface area contributed by atoms with Crippen molar-refractivity contribution in [3.8, 4) is 0 Å². The highest BCUT2D eigenvalue weighted by Crippen LogP contribution is 2.24. The molecule has 0 amide bonds. The van der Waals surface area contributed by atoms with E-state index in [1.165, 1.54) is 96.3 Å². The minimum absolute atomic E-state index is 0.158. The van der Waals surface area contributed by atoms with Crippen molar-refractivity contribution in [1.29, 1.82) is 0 Å². The summed E-state index contributed by atoms with van der Waals surface area (Å²) < 4.78 is 54.0. The van der Waals surface area contributed by atoms with Gasteiger partial charge in [-0.15, -0.1) is 0 Å². The minimum atomic E-state index is -4.60. The van der Waals surface area contributed by atoms with Crippen molar-refractivity contribution in [3.05, 3.63) is 12.2 Å². The lowest BCUT2D eigenvalue weighted by molar-refractivity contribution is -0.297. The van der Waals surface area contributed by atoms with Gasteiger partial charge in [0, 0.05) is 12.8 Å². The summed E-state index contributed by atoms with van der Waals surface area (Å²) in [5, 5.41) is 30.8. The van der Waals surface area contributed by atoms with Crippen molar-refractivity contribution >= 4 is 22.1 Å². The van der Waals surface area contributed by atoms with E-state index in [0.717, 1.165) is 57.8 Å². The smallest absolute Gasteiger partial charge is 0.306 e. The maximum atomic E-state index is 12.8. The first kappa shape index (κ1) is 52.4. The van der Waals surface area contributed by atoms with Gasteiger partial charge < -0.3 is 34.3 Å². The summed E-state index contributed by atoms with van der Waals surface area (Å²) in [6.45, 7) is 3.75. The van der Waals surface area contributed by atoms with Gasteiger partial charge in [0.25, 0.3) is 10.1 Å². The van der Waals surface area contributed by atoms with Crippen molar-refractivity contribution in [1.82, 2.24) is 0 Å². The number of unbranched alkanes of at least 4 members (excludes halogenated alkanes) is 23. The van der Waals surface area contributed by atoms with Gasteiger partial charge in [0.2, 0.25) is 0 Å². The van der Waals surface area contributed by atoms with Crippen LogP contribution in [0, 0.1) is 0 Å². The minimum Gasteiger partial charge on any atom is -0.462 e. The molecule has 1 aliphatic heterocycles. The van der Waals surface area contributed by atoms with E-state index in [2.05, 4.69) is 26.0 Å². The van der Waals surface area contributed by atoms with Crippen LogP contribution >= 0.6 is 0 Å². The maximum absolute atomic E-state index is 12.8. The lowest BCUT2D eigenvalue weighted by Crippen LogP contribution is -2.60. The average molecular weight is 821 g/mol. The van der Waals surface area contributed by atoms with Crippen LogP contribution < -0.4 is 0 Å². The summed E-state index contributed by atoms with van der Waals surface area (Å²) in [7, 11) is -4.60. The predicted octanol–water partition coefficient (Wildman–Crippen LogP) is 8.67. The molecule has 330 valence electrons. The summed E-state index contributed by atoms with van der Waals surface area (Å²) >= 11 is 0. The molecule has 0 spiro atoms. The second-order valence-electron chi connectivity index (χ2n) is 15.7. The third-order valence-electron chi connectivity index (χ3n) is 10.3. The number of allylic oxidation sites excluding steroid dienone is 2. The molecule has 6 atom stereocenters. The number of aliphatic hydroxyl groups excluding tert-OH is 3. The Bertz CT molecular complexity index is 1100. The van der Waals surface area contributed by atoms with Gasteiger partial charge in [-0.2, -0.15) is 8.42 Å². The van der Waals surface area contributed by atoms with E-state index in [1.54, 1.807) is 0 Å².